The summed E-state index contributed by atoms with van der Waals surface area (Å²) in [6, 6.07) is 9.20. The van der Waals surface area contributed by atoms with Gasteiger partial charge in [0.05, 0.1) is 11.6 Å². The first-order valence-corrected chi connectivity index (χ1v) is 12.9. The molecular formula is C29H15ClF7N5O2. The highest BCUT2D eigenvalue weighted by atomic mass is 35.5. The summed E-state index contributed by atoms with van der Waals surface area (Å²) in [5.41, 5.74) is -1.46. The van der Waals surface area contributed by atoms with Gasteiger partial charge in [0.25, 0.3) is 18.2 Å². The van der Waals surface area contributed by atoms with Crippen molar-refractivity contribution < 1.29 is 40.3 Å². The van der Waals surface area contributed by atoms with Gasteiger partial charge in [-0.05, 0) is 71.8 Å². The highest BCUT2D eigenvalue weighted by molar-refractivity contribution is 6.31. The number of fused-ring (bicyclic) bond motifs is 2. The maximum absolute atomic E-state index is 14.2. The number of anilines is 1. The molecule has 0 spiro atoms. The molecule has 0 saturated carbocycles. The van der Waals surface area contributed by atoms with Crippen LogP contribution in [-0.2, 0) is 6.18 Å². The van der Waals surface area contributed by atoms with Crippen LogP contribution in [0, 0.1) is 11.6 Å². The van der Waals surface area contributed by atoms with Crippen LogP contribution < -0.4 is 10.6 Å². The molecular weight excluding hydrogens is 619 g/mol. The highest BCUT2D eigenvalue weighted by Gasteiger charge is 2.36. The lowest BCUT2D eigenvalue weighted by Gasteiger charge is -2.19. The normalized spacial score (nSPS) is 14.7. The van der Waals surface area contributed by atoms with Crippen molar-refractivity contribution in [3.8, 4) is 11.1 Å². The molecule has 5 aromatic rings. The second kappa shape index (κ2) is 10.6. The number of rotatable bonds is 5. The fourth-order valence-corrected chi connectivity index (χ4v) is 5.21. The predicted octanol–water partition coefficient (Wildman–Crippen LogP) is 7.37. The number of benzene rings is 3. The molecule has 0 saturated heterocycles. The summed E-state index contributed by atoms with van der Waals surface area (Å²) in [6.07, 6.45) is -6.64. The van der Waals surface area contributed by atoms with Crippen LogP contribution >= 0.6 is 11.6 Å². The maximum atomic E-state index is 14.2. The number of aromatic nitrogens is 3. The van der Waals surface area contributed by atoms with Crippen molar-refractivity contribution in [2.24, 2.45) is 0 Å². The minimum atomic E-state index is -4.95. The fourth-order valence-electron chi connectivity index (χ4n) is 4.98. The topological polar surface area (TPSA) is 88.4 Å². The third kappa shape index (κ3) is 5.21. The maximum Gasteiger partial charge on any atom is 0.416 e. The van der Waals surface area contributed by atoms with Crippen LogP contribution in [0.2, 0.25) is 5.02 Å². The fraction of sp³-hybridized carbons (Fsp3) is 0.103. The average molecular weight is 634 g/mol. The standard InChI is InChI=1S/C29H15ClF7N5O2/c30-20-3-2-16(31)10-18(20)24-23-19(28(44)39-24)7-13(12-1-4-22-40-41-26(25(33)34)42(22)11-12)8-21(23)38-27(43)14-5-15(29(35,36)37)9-17(32)6-14/h1-11,24-25H,(H,38,43)(H,39,44)/t24-/m0/s1. The molecule has 6 rings (SSSR count). The third-order valence-electron chi connectivity index (χ3n) is 6.95. The van der Waals surface area contributed by atoms with Gasteiger partial charge in [0.2, 0.25) is 5.82 Å². The molecule has 0 fully saturated rings. The van der Waals surface area contributed by atoms with Crippen LogP contribution in [0.4, 0.5) is 36.4 Å². The van der Waals surface area contributed by atoms with Crippen LogP contribution in [0.5, 0.6) is 0 Å². The minimum absolute atomic E-state index is 0.0312. The second-order valence-electron chi connectivity index (χ2n) is 9.74. The molecule has 0 aliphatic carbocycles. The van der Waals surface area contributed by atoms with Crippen molar-refractivity contribution in [3.63, 3.8) is 0 Å². The van der Waals surface area contributed by atoms with Gasteiger partial charge in [-0.1, -0.05) is 11.6 Å². The first-order chi connectivity index (χ1) is 20.8. The minimum Gasteiger partial charge on any atom is -0.341 e. The zero-order chi connectivity index (χ0) is 31.5. The molecule has 3 aromatic carbocycles. The van der Waals surface area contributed by atoms with Crippen LogP contribution in [0.15, 0.2) is 66.9 Å². The van der Waals surface area contributed by atoms with Crippen molar-refractivity contribution in [3.05, 3.63) is 117 Å². The average Bonchev–Trinajstić information content (AvgIpc) is 3.54. The smallest absolute Gasteiger partial charge is 0.341 e. The van der Waals surface area contributed by atoms with Gasteiger partial charge in [-0.2, -0.15) is 13.2 Å². The lowest BCUT2D eigenvalue weighted by atomic mass is 9.93. The highest BCUT2D eigenvalue weighted by Crippen LogP contribution is 2.42. The molecule has 1 aliphatic rings. The summed E-state index contributed by atoms with van der Waals surface area (Å²) in [5, 5.41) is 12.3. The molecule has 1 atom stereocenters. The molecule has 7 nitrogen and oxygen atoms in total. The monoisotopic (exact) mass is 633 g/mol. The SMILES string of the molecule is O=C(Nc1cc(-c2ccc3nnc(C(F)F)n3c2)cc2c1[C@H](c1cc(F)ccc1Cl)NC2=O)c1cc(F)cc(C(F)(F)F)c1. The Kier molecular flexibility index (Phi) is 7.03. The lowest BCUT2D eigenvalue weighted by molar-refractivity contribution is -0.137. The molecule has 224 valence electrons. The molecule has 15 heteroatoms. The van der Waals surface area contributed by atoms with E-state index in [-0.39, 0.29) is 50.2 Å². The number of alkyl halides is 5. The number of halogens is 8. The second-order valence-corrected chi connectivity index (χ2v) is 10.1. The largest absolute Gasteiger partial charge is 0.416 e. The van der Waals surface area contributed by atoms with Gasteiger partial charge in [-0.15, -0.1) is 10.2 Å². The van der Waals surface area contributed by atoms with Crippen LogP contribution in [0.3, 0.4) is 0 Å². The molecule has 44 heavy (non-hydrogen) atoms. The van der Waals surface area contributed by atoms with Gasteiger partial charge >= 0.3 is 6.18 Å². The number of hydrogen-bond donors (Lipinski definition) is 2. The molecule has 0 unspecified atom stereocenters. The summed E-state index contributed by atoms with van der Waals surface area (Å²) in [4.78, 5) is 26.4. The van der Waals surface area contributed by atoms with E-state index in [1.165, 1.54) is 36.5 Å². The van der Waals surface area contributed by atoms with E-state index in [0.717, 1.165) is 16.5 Å². The lowest BCUT2D eigenvalue weighted by Crippen LogP contribution is -2.21. The van der Waals surface area contributed by atoms with Gasteiger partial charge in [0.1, 0.15) is 11.6 Å². The van der Waals surface area contributed by atoms with E-state index in [1.54, 1.807) is 0 Å². The van der Waals surface area contributed by atoms with E-state index in [0.29, 0.717) is 12.1 Å². The summed E-state index contributed by atoms with van der Waals surface area (Å²) >= 11 is 6.30. The van der Waals surface area contributed by atoms with E-state index in [4.69, 9.17) is 11.6 Å². The summed E-state index contributed by atoms with van der Waals surface area (Å²) in [6.45, 7) is 0. The molecule has 2 aromatic heterocycles. The van der Waals surface area contributed by atoms with Gasteiger partial charge in [-0.25, -0.2) is 17.6 Å². The molecule has 0 bridgehead atoms. The van der Waals surface area contributed by atoms with Gasteiger partial charge in [-0.3, -0.25) is 14.0 Å². The number of nitrogens with zero attached hydrogens (tertiary/aromatic N) is 3. The Morgan fingerprint density at radius 3 is 2.45 bits per heavy atom. The van der Waals surface area contributed by atoms with E-state index < -0.39 is 59.0 Å². The number of nitrogens with one attached hydrogen (secondary N) is 2. The first kappa shape index (κ1) is 29.1. The van der Waals surface area contributed by atoms with Crippen LogP contribution in [0.25, 0.3) is 16.8 Å². The zero-order valence-corrected chi connectivity index (χ0v) is 22.4. The Morgan fingerprint density at radius 1 is 0.955 bits per heavy atom. The van der Waals surface area contributed by atoms with Crippen molar-refractivity contribution in [2.75, 3.05) is 5.32 Å². The number of pyridine rings is 1. The molecule has 3 heterocycles. The Balaban J connectivity index is 1.52. The Morgan fingerprint density at radius 2 is 1.73 bits per heavy atom. The number of carbonyl (C=O) groups excluding carboxylic acids is 2. The van der Waals surface area contributed by atoms with Crippen molar-refractivity contribution >= 4 is 34.7 Å². The van der Waals surface area contributed by atoms with Gasteiger partial charge in [0.15, 0.2) is 5.65 Å². The van der Waals surface area contributed by atoms with Crippen LogP contribution in [0.1, 0.15) is 55.7 Å². The molecule has 2 amide bonds. The zero-order valence-electron chi connectivity index (χ0n) is 21.7. The number of hydrogen-bond acceptors (Lipinski definition) is 4. The summed E-state index contributed by atoms with van der Waals surface area (Å²) < 4.78 is 96.4. The van der Waals surface area contributed by atoms with Crippen molar-refractivity contribution in [2.45, 2.75) is 18.6 Å². The quantitative estimate of drug-likeness (QED) is 0.198. The van der Waals surface area contributed by atoms with Gasteiger partial charge < -0.3 is 10.6 Å². The van der Waals surface area contributed by atoms with Crippen molar-refractivity contribution in [1.29, 1.82) is 0 Å². The molecule has 2 N–H and O–H groups in total. The van der Waals surface area contributed by atoms with E-state index in [2.05, 4.69) is 20.8 Å². The Bertz CT molecular complexity index is 1990. The number of carbonyl (C=O) groups is 2. The van der Waals surface area contributed by atoms with E-state index >= 15 is 0 Å². The summed E-state index contributed by atoms with van der Waals surface area (Å²) in [5.74, 6) is -4.49. The molecule has 1 aliphatic heterocycles. The molecule has 0 radical (unpaired) electrons. The predicted molar refractivity (Wildman–Crippen MR) is 143 cm³/mol. The Hall–Kier alpha value is -4.98. The van der Waals surface area contributed by atoms with Crippen LogP contribution in [-0.4, -0.2) is 26.4 Å². The number of amides is 2. The van der Waals surface area contributed by atoms with Crippen molar-refractivity contribution in [1.82, 2.24) is 19.9 Å². The summed E-state index contributed by atoms with van der Waals surface area (Å²) in [7, 11) is 0. The van der Waals surface area contributed by atoms with E-state index in [1.807, 2.05) is 0 Å². The van der Waals surface area contributed by atoms with Gasteiger partial charge in [0, 0.05) is 39.2 Å². The third-order valence-corrected chi connectivity index (χ3v) is 7.29. The Labute approximate surface area is 247 Å². The first-order valence-electron chi connectivity index (χ1n) is 12.6. The van der Waals surface area contributed by atoms with E-state index in [9.17, 15) is 40.3 Å².